The van der Waals surface area contributed by atoms with Crippen molar-refractivity contribution in [2.24, 2.45) is 4.99 Å². The van der Waals surface area contributed by atoms with Crippen LogP contribution in [0.15, 0.2) is 35.3 Å². The summed E-state index contributed by atoms with van der Waals surface area (Å²) >= 11 is 0. The van der Waals surface area contributed by atoms with Crippen LogP contribution >= 0.6 is 0 Å². The molecule has 8 nitrogen and oxygen atoms in total. The van der Waals surface area contributed by atoms with Gasteiger partial charge in [0.25, 0.3) is 5.91 Å². The lowest BCUT2D eigenvalue weighted by Gasteiger charge is -2.40. The number of nitrogens with one attached hydrogen (secondary N) is 1. The Bertz CT molecular complexity index is 790. The number of guanidine groups is 1. The molecule has 1 N–H and O–H groups in total. The first-order valence-corrected chi connectivity index (χ1v) is 11.0. The van der Waals surface area contributed by atoms with Gasteiger partial charge >= 0.3 is 6.03 Å². The van der Waals surface area contributed by atoms with E-state index < -0.39 is 12.2 Å². The van der Waals surface area contributed by atoms with Crippen LogP contribution in [-0.4, -0.2) is 96.0 Å². The molecule has 2 saturated heterocycles. The van der Waals surface area contributed by atoms with Crippen molar-refractivity contribution in [3.8, 4) is 0 Å². The Labute approximate surface area is 178 Å². The van der Waals surface area contributed by atoms with Crippen LogP contribution in [-0.2, 0) is 11.2 Å². The first-order chi connectivity index (χ1) is 14.6. The minimum Gasteiger partial charge on any atom is -0.340 e. The van der Waals surface area contributed by atoms with Gasteiger partial charge in [-0.3, -0.25) is 15.0 Å². The molecule has 0 radical (unpaired) electrons. The Kier molecular flexibility index (Phi) is 6.22. The molecule has 3 amide bonds. The highest BCUT2D eigenvalue weighted by atomic mass is 16.2. The van der Waals surface area contributed by atoms with Crippen molar-refractivity contribution >= 4 is 17.9 Å². The summed E-state index contributed by atoms with van der Waals surface area (Å²) in [5.74, 6) is 0.627. The van der Waals surface area contributed by atoms with E-state index >= 15 is 0 Å². The molecule has 0 aromatic heterocycles. The lowest BCUT2D eigenvalue weighted by molar-refractivity contribution is -0.127. The molecular weight excluding hydrogens is 380 g/mol. The Morgan fingerprint density at radius 1 is 1.07 bits per heavy atom. The molecule has 0 spiro atoms. The SMILES string of the molecule is CCCN1C(N2CCN(CCCc3ccccc3)CC2)=NC2C1C(=O)NC(=O)N2C. The predicted molar refractivity (Wildman–Crippen MR) is 116 cm³/mol. The number of imide groups is 1. The van der Waals surface area contributed by atoms with Crippen LogP contribution in [0.2, 0.25) is 0 Å². The summed E-state index contributed by atoms with van der Waals surface area (Å²) in [4.78, 5) is 37.8. The summed E-state index contributed by atoms with van der Waals surface area (Å²) in [7, 11) is 1.71. The van der Waals surface area contributed by atoms with Crippen LogP contribution in [0, 0.1) is 0 Å². The number of rotatable bonds is 6. The number of urea groups is 1. The van der Waals surface area contributed by atoms with E-state index in [-0.39, 0.29) is 11.9 Å². The third-order valence-corrected chi connectivity index (χ3v) is 6.24. The van der Waals surface area contributed by atoms with E-state index in [0.717, 1.165) is 64.5 Å². The van der Waals surface area contributed by atoms with Crippen molar-refractivity contribution in [2.45, 2.75) is 38.4 Å². The Balaban J connectivity index is 1.35. The number of benzene rings is 1. The number of aryl methyl sites for hydroxylation is 1. The van der Waals surface area contributed by atoms with Crippen LogP contribution in [0.5, 0.6) is 0 Å². The minimum atomic E-state index is -0.434. The van der Waals surface area contributed by atoms with Gasteiger partial charge in [0, 0.05) is 39.8 Å². The summed E-state index contributed by atoms with van der Waals surface area (Å²) in [6, 6.07) is 9.84. The fourth-order valence-electron chi connectivity index (χ4n) is 4.58. The molecule has 2 unspecified atom stereocenters. The lowest BCUT2D eigenvalue weighted by Crippen LogP contribution is -2.64. The van der Waals surface area contributed by atoms with Crippen LogP contribution in [0.1, 0.15) is 25.3 Å². The van der Waals surface area contributed by atoms with Crippen LogP contribution < -0.4 is 5.32 Å². The van der Waals surface area contributed by atoms with Gasteiger partial charge in [0.05, 0.1) is 0 Å². The normalized spacial score (nSPS) is 24.7. The minimum absolute atomic E-state index is 0.241. The third kappa shape index (κ3) is 4.14. The first-order valence-electron chi connectivity index (χ1n) is 11.0. The molecule has 4 rings (SSSR count). The third-order valence-electron chi connectivity index (χ3n) is 6.24. The number of carbonyl (C=O) groups is 2. The molecule has 0 aliphatic carbocycles. The first kappa shape index (κ1) is 20.7. The zero-order valence-corrected chi connectivity index (χ0v) is 18.0. The number of carbonyl (C=O) groups excluding carboxylic acids is 2. The summed E-state index contributed by atoms with van der Waals surface area (Å²) in [5.41, 5.74) is 1.39. The van der Waals surface area contributed by atoms with E-state index in [1.807, 2.05) is 0 Å². The molecule has 2 fully saturated rings. The lowest BCUT2D eigenvalue weighted by atomic mass is 10.1. The van der Waals surface area contributed by atoms with Gasteiger partial charge < -0.3 is 14.7 Å². The number of hydrogen-bond donors (Lipinski definition) is 1. The molecule has 3 aliphatic rings. The van der Waals surface area contributed by atoms with Crippen LogP contribution in [0.4, 0.5) is 4.79 Å². The average molecular weight is 413 g/mol. The number of likely N-dealkylation sites (N-methyl/N-ethyl adjacent to an activating group) is 1. The molecule has 2 atom stereocenters. The molecule has 30 heavy (non-hydrogen) atoms. The summed E-state index contributed by atoms with van der Waals surface area (Å²) in [6.07, 6.45) is 2.75. The second-order valence-corrected chi connectivity index (χ2v) is 8.30. The summed E-state index contributed by atoms with van der Waals surface area (Å²) in [6.45, 7) is 7.72. The summed E-state index contributed by atoms with van der Waals surface area (Å²) in [5, 5.41) is 2.46. The summed E-state index contributed by atoms with van der Waals surface area (Å²) < 4.78 is 0. The Morgan fingerprint density at radius 2 is 1.80 bits per heavy atom. The molecule has 1 aromatic rings. The molecule has 162 valence electrons. The van der Waals surface area contributed by atoms with Crippen molar-refractivity contribution in [3.05, 3.63) is 35.9 Å². The van der Waals surface area contributed by atoms with Gasteiger partial charge in [0.15, 0.2) is 18.2 Å². The molecule has 0 saturated carbocycles. The average Bonchev–Trinajstić information content (AvgIpc) is 3.14. The maximum absolute atomic E-state index is 12.5. The Morgan fingerprint density at radius 3 is 2.50 bits per heavy atom. The molecular formula is C22H32N6O2. The second-order valence-electron chi connectivity index (χ2n) is 8.30. The van der Waals surface area contributed by atoms with E-state index in [9.17, 15) is 9.59 Å². The standard InChI is InChI=1S/C22H32N6O2/c1-3-11-28-18-19(25(2)22(30)24-20(18)29)23-21(28)27-15-13-26(14-16-27)12-7-10-17-8-5-4-6-9-17/h4-6,8-9,18-19H,3,7,10-16H2,1-2H3,(H,24,29,30). The largest absolute Gasteiger partial charge is 0.340 e. The highest BCUT2D eigenvalue weighted by Gasteiger charge is 2.49. The molecule has 3 aliphatic heterocycles. The smallest absolute Gasteiger partial charge is 0.325 e. The van der Waals surface area contributed by atoms with Crippen LogP contribution in [0.25, 0.3) is 0 Å². The van der Waals surface area contributed by atoms with Gasteiger partial charge in [0.2, 0.25) is 0 Å². The van der Waals surface area contributed by atoms with Crippen LogP contribution in [0.3, 0.4) is 0 Å². The maximum Gasteiger partial charge on any atom is 0.325 e. The topological polar surface area (TPSA) is 71.5 Å². The highest BCUT2D eigenvalue weighted by Crippen LogP contribution is 2.26. The van der Waals surface area contributed by atoms with E-state index in [4.69, 9.17) is 4.99 Å². The van der Waals surface area contributed by atoms with Crippen molar-refractivity contribution in [1.82, 2.24) is 24.9 Å². The number of amides is 3. The fourth-order valence-corrected chi connectivity index (χ4v) is 4.58. The van der Waals surface area contributed by atoms with Crippen molar-refractivity contribution < 1.29 is 9.59 Å². The number of piperazine rings is 1. The number of fused-ring (bicyclic) bond motifs is 1. The molecule has 1 aromatic carbocycles. The van der Waals surface area contributed by atoms with E-state index in [0.29, 0.717) is 0 Å². The van der Waals surface area contributed by atoms with Crippen molar-refractivity contribution in [2.75, 3.05) is 46.3 Å². The van der Waals surface area contributed by atoms with Gasteiger partial charge in [-0.05, 0) is 31.4 Å². The highest BCUT2D eigenvalue weighted by molar-refractivity contribution is 6.03. The van der Waals surface area contributed by atoms with Gasteiger partial charge in [-0.15, -0.1) is 0 Å². The van der Waals surface area contributed by atoms with Gasteiger partial charge in [-0.2, -0.15) is 0 Å². The molecule has 3 heterocycles. The zero-order chi connectivity index (χ0) is 21.1. The molecule has 0 bridgehead atoms. The van der Waals surface area contributed by atoms with Gasteiger partial charge in [-0.1, -0.05) is 37.3 Å². The van der Waals surface area contributed by atoms with E-state index in [2.05, 4.69) is 57.3 Å². The van der Waals surface area contributed by atoms with E-state index in [1.165, 1.54) is 5.56 Å². The quantitative estimate of drug-likeness (QED) is 0.760. The second kappa shape index (κ2) is 9.04. The number of hydrogen-bond acceptors (Lipinski definition) is 6. The van der Waals surface area contributed by atoms with Crippen molar-refractivity contribution in [3.63, 3.8) is 0 Å². The number of nitrogens with zero attached hydrogens (tertiary/aromatic N) is 5. The molecule has 8 heteroatoms. The van der Waals surface area contributed by atoms with Gasteiger partial charge in [0.1, 0.15) is 0 Å². The zero-order valence-electron chi connectivity index (χ0n) is 18.0. The van der Waals surface area contributed by atoms with Gasteiger partial charge in [-0.25, -0.2) is 9.79 Å². The fraction of sp³-hybridized carbons (Fsp3) is 0.591. The Hall–Kier alpha value is -2.61. The van der Waals surface area contributed by atoms with Crippen molar-refractivity contribution in [1.29, 1.82) is 0 Å². The van der Waals surface area contributed by atoms with E-state index in [1.54, 1.807) is 11.9 Å². The number of aliphatic imine (C=N–C) groups is 1. The predicted octanol–water partition coefficient (Wildman–Crippen LogP) is 1.19. The maximum atomic E-state index is 12.5. The monoisotopic (exact) mass is 412 g/mol.